The van der Waals surface area contributed by atoms with E-state index in [0.717, 1.165) is 43.9 Å². The van der Waals surface area contributed by atoms with E-state index in [9.17, 15) is 0 Å². The van der Waals surface area contributed by atoms with Crippen LogP contribution in [0.2, 0.25) is 0 Å². The zero-order valence-electron chi connectivity index (χ0n) is 14.9. The fourth-order valence-electron chi connectivity index (χ4n) is 3.80. The van der Waals surface area contributed by atoms with Crippen molar-refractivity contribution >= 4 is 0 Å². The van der Waals surface area contributed by atoms with Gasteiger partial charge in [0.25, 0.3) is 0 Å². The molecule has 0 fully saturated rings. The molecule has 0 N–H and O–H groups in total. The Bertz CT molecular complexity index is 791. The molecule has 0 bridgehead atoms. The molecule has 0 saturated heterocycles. The molecule has 25 heavy (non-hydrogen) atoms. The summed E-state index contributed by atoms with van der Waals surface area (Å²) in [6.07, 6.45) is 10.7. The van der Waals surface area contributed by atoms with Crippen molar-refractivity contribution < 1.29 is 4.42 Å². The van der Waals surface area contributed by atoms with Gasteiger partial charge in [-0.1, -0.05) is 23.8 Å². The van der Waals surface area contributed by atoms with Crippen molar-refractivity contribution in [3.63, 3.8) is 0 Å². The second kappa shape index (κ2) is 6.96. The lowest BCUT2D eigenvalue weighted by atomic mass is 9.85. The minimum atomic E-state index is 0.680. The van der Waals surface area contributed by atoms with Crippen LogP contribution in [0.1, 0.15) is 37.4 Å². The molecule has 130 valence electrons. The highest BCUT2D eigenvalue weighted by Crippen LogP contribution is 2.29. The van der Waals surface area contributed by atoms with Crippen molar-refractivity contribution in [3.8, 4) is 11.6 Å². The first kappa shape index (κ1) is 16.3. The summed E-state index contributed by atoms with van der Waals surface area (Å²) in [5, 5.41) is 0. The van der Waals surface area contributed by atoms with E-state index in [1.807, 2.05) is 18.3 Å². The Labute approximate surface area is 149 Å². The van der Waals surface area contributed by atoms with Crippen molar-refractivity contribution in [2.75, 3.05) is 13.1 Å². The molecule has 3 heterocycles. The van der Waals surface area contributed by atoms with Crippen molar-refractivity contribution in [3.05, 3.63) is 59.7 Å². The van der Waals surface area contributed by atoms with E-state index >= 15 is 0 Å². The molecule has 0 saturated carbocycles. The predicted molar refractivity (Wildman–Crippen MR) is 99.0 cm³/mol. The molecule has 0 amide bonds. The molecule has 4 nitrogen and oxygen atoms in total. The average molecular weight is 335 g/mol. The Hall–Kier alpha value is -2.20. The number of rotatable bonds is 4. The molecule has 1 aliphatic carbocycles. The van der Waals surface area contributed by atoms with Crippen molar-refractivity contribution in [1.29, 1.82) is 0 Å². The first-order valence-electron chi connectivity index (χ1n) is 9.13. The number of hydrogen-bond acceptors (Lipinski definition) is 4. The van der Waals surface area contributed by atoms with E-state index in [0.29, 0.717) is 11.7 Å². The van der Waals surface area contributed by atoms with Gasteiger partial charge in [0.1, 0.15) is 0 Å². The molecule has 0 radical (unpaired) electrons. The molecule has 4 rings (SSSR count). The van der Waals surface area contributed by atoms with Gasteiger partial charge in [-0.05, 0) is 44.2 Å². The van der Waals surface area contributed by atoms with Gasteiger partial charge in [-0.2, -0.15) is 0 Å². The fraction of sp³-hybridized carbons (Fsp3) is 0.429. The molecule has 2 aromatic rings. The Morgan fingerprint density at radius 1 is 1.40 bits per heavy atom. The predicted octanol–water partition coefficient (Wildman–Crippen LogP) is 4.40. The molecule has 1 aliphatic heterocycles. The first-order chi connectivity index (χ1) is 12.2. The largest absolute Gasteiger partial charge is 0.461 e. The lowest BCUT2D eigenvalue weighted by Crippen LogP contribution is -2.33. The van der Waals surface area contributed by atoms with Crippen LogP contribution in [0.3, 0.4) is 0 Å². The smallest absolute Gasteiger partial charge is 0.195 e. The van der Waals surface area contributed by atoms with Gasteiger partial charge in [-0.25, -0.2) is 9.97 Å². The van der Waals surface area contributed by atoms with E-state index in [-0.39, 0.29) is 0 Å². The van der Waals surface area contributed by atoms with Gasteiger partial charge in [0, 0.05) is 37.8 Å². The van der Waals surface area contributed by atoms with Crippen molar-refractivity contribution in [2.24, 2.45) is 5.92 Å². The van der Waals surface area contributed by atoms with Crippen LogP contribution in [-0.4, -0.2) is 28.0 Å². The van der Waals surface area contributed by atoms with Crippen LogP contribution >= 0.6 is 0 Å². The Morgan fingerprint density at radius 3 is 3.04 bits per heavy atom. The molecule has 0 aromatic carbocycles. The topological polar surface area (TPSA) is 42.2 Å². The molecule has 4 heteroatoms. The van der Waals surface area contributed by atoms with Crippen LogP contribution in [0.4, 0.5) is 0 Å². The molecule has 2 aliphatic rings. The maximum atomic E-state index is 5.41. The summed E-state index contributed by atoms with van der Waals surface area (Å²) in [5.74, 6) is 2.11. The summed E-state index contributed by atoms with van der Waals surface area (Å²) in [6.45, 7) is 9.33. The van der Waals surface area contributed by atoms with Gasteiger partial charge in [0.05, 0.1) is 12.0 Å². The van der Waals surface area contributed by atoms with Gasteiger partial charge >= 0.3 is 0 Å². The van der Waals surface area contributed by atoms with Gasteiger partial charge in [-0.15, -0.1) is 0 Å². The van der Waals surface area contributed by atoms with E-state index in [1.54, 1.807) is 11.8 Å². The van der Waals surface area contributed by atoms with Gasteiger partial charge in [0.2, 0.25) is 0 Å². The summed E-state index contributed by atoms with van der Waals surface area (Å²) in [6, 6.07) is 3.78. The first-order valence-corrected chi connectivity index (χ1v) is 9.13. The van der Waals surface area contributed by atoms with Crippen molar-refractivity contribution in [1.82, 2.24) is 14.9 Å². The normalized spacial score (nSPS) is 20.8. The number of nitrogens with zero attached hydrogens (tertiary/aromatic N) is 3. The molecule has 0 spiro atoms. The maximum absolute atomic E-state index is 5.41. The highest BCUT2D eigenvalue weighted by Gasteiger charge is 2.22. The SMILES string of the molecule is C=C(C)C1CC=C(CN2CCc3nc(-c4ccco4)ncc3C2)CC1. The minimum absolute atomic E-state index is 0.680. The van der Waals surface area contributed by atoms with Gasteiger partial charge in [-0.3, -0.25) is 4.90 Å². The second-order valence-electron chi connectivity index (χ2n) is 7.28. The maximum Gasteiger partial charge on any atom is 0.195 e. The van der Waals surface area contributed by atoms with Crippen LogP contribution in [0.5, 0.6) is 0 Å². The van der Waals surface area contributed by atoms with Crippen LogP contribution < -0.4 is 0 Å². The zero-order valence-corrected chi connectivity index (χ0v) is 14.9. The third kappa shape index (κ3) is 3.59. The number of hydrogen-bond donors (Lipinski definition) is 0. The number of allylic oxidation sites excluding steroid dienone is 2. The fourth-order valence-corrected chi connectivity index (χ4v) is 3.80. The Balaban J connectivity index is 1.41. The van der Waals surface area contributed by atoms with Gasteiger partial charge in [0.15, 0.2) is 11.6 Å². The number of aromatic nitrogens is 2. The van der Waals surface area contributed by atoms with Crippen LogP contribution in [0.15, 0.2) is 52.8 Å². The van der Waals surface area contributed by atoms with Crippen molar-refractivity contribution in [2.45, 2.75) is 39.2 Å². The molecule has 2 aromatic heterocycles. The third-order valence-corrected chi connectivity index (χ3v) is 5.38. The van der Waals surface area contributed by atoms with Crippen LogP contribution in [0.25, 0.3) is 11.6 Å². The highest BCUT2D eigenvalue weighted by atomic mass is 16.3. The lowest BCUT2D eigenvalue weighted by Gasteiger charge is -2.31. The Kier molecular flexibility index (Phi) is 4.53. The summed E-state index contributed by atoms with van der Waals surface area (Å²) in [5.41, 5.74) is 5.32. The van der Waals surface area contributed by atoms with Crippen LogP contribution in [0, 0.1) is 5.92 Å². The zero-order chi connectivity index (χ0) is 17.2. The standard InChI is InChI=1S/C21H25N3O/c1-15(2)17-7-5-16(6-8-17)13-24-10-9-19-18(14-24)12-22-21(23-19)20-4-3-11-25-20/h3-5,11-12,17H,1,6-10,13-14H2,2H3. The third-order valence-electron chi connectivity index (χ3n) is 5.38. The molecular weight excluding hydrogens is 310 g/mol. The summed E-state index contributed by atoms with van der Waals surface area (Å²) in [7, 11) is 0. The van der Waals surface area contributed by atoms with E-state index < -0.39 is 0 Å². The Morgan fingerprint density at radius 2 is 2.32 bits per heavy atom. The van der Waals surface area contributed by atoms with E-state index in [1.165, 1.54) is 24.0 Å². The van der Waals surface area contributed by atoms with E-state index in [4.69, 9.17) is 9.40 Å². The highest BCUT2D eigenvalue weighted by molar-refractivity contribution is 5.47. The molecule has 1 atom stereocenters. The average Bonchev–Trinajstić information content (AvgIpc) is 3.16. The van der Waals surface area contributed by atoms with Crippen LogP contribution in [-0.2, 0) is 13.0 Å². The minimum Gasteiger partial charge on any atom is -0.461 e. The number of fused-ring (bicyclic) bond motifs is 1. The van der Waals surface area contributed by atoms with E-state index in [2.05, 4.69) is 29.5 Å². The lowest BCUT2D eigenvalue weighted by molar-refractivity contribution is 0.267. The quantitative estimate of drug-likeness (QED) is 0.777. The monoisotopic (exact) mass is 335 g/mol. The summed E-state index contributed by atoms with van der Waals surface area (Å²) in [4.78, 5) is 11.7. The summed E-state index contributed by atoms with van der Waals surface area (Å²) >= 11 is 0. The molecule has 1 unspecified atom stereocenters. The number of furan rings is 1. The summed E-state index contributed by atoms with van der Waals surface area (Å²) < 4.78 is 5.41. The van der Waals surface area contributed by atoms with Gasteiger partial charge < -0.3 is 4.42 Å². The molecular formula is C21H25N3O. The second-order valence-corrected chi connectivity index (χ2v) is 7.28.